The van der Waals surface area contributed by atoms with Crippen LogP contribution in [0.4, 0.5) is 0 Å². The summed E-state index contributed by atoms with van der Waals surface area (Å²) in [6.45, 7) is 7.88. The highest BCUT2D eigenvalue weighted by Crippen LogP contribution is 2.51. The summed E-state index contributed by atoms with van der Waals surface area (Å²) in [5.74, 6) is 1.73. The third-order valence-electron chi connectivity index (χ3n) is 7.14. The second-order valence-electron chi connectivity index (χ2n) is 10.7. The zero-order chi connectivity index (χ0) is 24.1. The molecule has 1 unspecified atom stereocenters. The van der Waals surface area contributed by atoms with E-state index in [1.165, 1.54) is 5.69 Å². The third kappa shape index (κ3) is 4.10. The number of aliphatic hydroxyl groups is 1. The van der Waals surface area contributed by atoms with Gasteiger partial charge in [0.15, 0.2) is 11.5 Å². The van der Waals surface area contributed by atoms with Gasteiger partial charge in [-0.25, -0.2) is 0 Å². The molecule has 1 aliphatic carbocycles. The van der Waals surface area contributed by atoms with Crippen LogP contribution < -0.4 is 14.8 Å². The van der Waals surface area contributed by atoms with Crippen molar-refractivity contribution < 1.29 is 19.4 Å². The maximum atomic E-state index is 13.5. The van der Waals surface area contributed by atoms with Gasteiger partial charge < -0.3 is 24.5 Å². The number of carbonyl (C=O) groups excluding carboxylic acids is 1. The largest absolute Gasteiger partial charge is 0.454 e. The van der Waals surface area contributed by atoms with Crippen molar-refractivity contribution in [3.8, 4) is 11.5 Å². The number of nitrogens with one attached hydrogen (secondary N) is 1. The molecule has 1 atom stereocenters. The molecule has 2 heterocycles. The molecule has 1 aliphatic heterocycles. The number of aromatic nitrogens is 1. The summed E-state index contributed by atoms with van der Waals surface area (Å²) in [5, 5.41) is 14.6. The van der Waals surface area contributed by atoms with Crippen molar-refractivity contribution in [2.45, 2.75) is 63.5 Å². The Kier molecular flexibility index (Phi) is 5.69. The number of ketones is 1. The number of ether oxygens (including phenoxy) is 2. The first-order valence-electron chi connectivity index (χ1n) is 12.1. The molecule has 3 aromatic rings. The number of likely N-dealkylation sites (N-methyl/N-ethyl adjacent to an activating group) is 1. The number of Topliss-reactive ketones (excluding diaryl/α,β-unsaturated/α-hetero) is 1. The predicted molar refractivity (Wildman–Crippen MR) is 133 cm³/mol. The highest BCUT2D eigenvalue weighted by molar-refractivity contribution is 5.95. The highest BCUT2D eigenvalue weighted by atomic mass is 16.7. The molecule has 1 saturated carbocycles. The van der Waals surface area contributed by atoms with E-state index < -0.39 is 11.5 Å². The van der Waals surface area contributed by atoms with Crippen LogP contribution in [0.1, 0.15) is 50.4 Å². The van der Waals surface area contributed by atoms with Gasteiger partial charge in [0.25, 0.3) is 0 Å². The molecule has 180 valence electrons. The first-order chi connectivity index (χ1) is 16.2. The summed E-state index contributed by atoms with van der Waals surface area (Å²) in [6, 6.07) is 14.4. The molecular weight excluding hydrogens is 428 g/mol. The lowest BCUT2D eigenvalue weighted by Crippen LogP contribution is -2.30. The van der Waals surface area contributed by atoms with Crippen LogP contribution in [-0.4, -0.2) is 41.9 Å². The molecule has 0 saturated heterocycles. The molecule has 2 aromatic carbocycles. The van der Waals surface area contributed by atoms with Crippen molar-refractivity contribution in [2.24, 2.45) is 0 Å². The molecule has 34 heavy (non-hydrogen) atoms. The van der Waals surface area contributed by atoms with E-state index in [1.54, 1.807) is 0 Å². The van der Waals surface area contributed by atoms with Gasteiger partial charge in [-0.15, -0.1) is 0 Å². The van der Waals surface area contributed by atoms with Gasteiger partial charge in [0.05, 0.1) is 18.1 Å². The van der Waals surface area contributed by atoms with E-state index in [4.69, 9.17) is 9.47 Å². The van der Waals surface area contributed by atoms with E-state index in [1.807, 2.05) is 25.2 Å². The summed E-state index contributed by atoms with van der Waals surface area (Å²) in [4.78, 5) is 13.5. The van der Waals surface area contributed by atoms with E-state index >= 15 is 0 Å². The molecule has 6 heteroatoms. The van der Waals surface area contributed by atoms with Gasteiger partial charge >= 0.3 is 0 Å². The maximum absolute atomic E-state index is 13.5. The number of aliphatic hydroxyl groups excluding tert-OH is 1. The Morgan fingerprint density at radius 1 is 1.12 bits per heavy atom. The molecule has 2 aliphatic rings. The Morgan fingerprint density at radius 2 is 1.88 bits per heavy atom. The second kappa shape index (κ2) is 8.43. The van der Waals surface area contributed by atoms with Gasteiger partial charge in [0.2, 0.25) is 6.79 Å². The van der Waals surface area contributed by atoms with E-state index in [9.17, 15) is 9.90 Å². The topological polar surface area (TPSA) is 72.7 Å². The smallest absolute Gasteiger partial charge is 0.231 e. The van der Waals surface area contributed by atoms with E-state index in [2.05, 4.69) is 54.9 Å². The molecule has 0 bridgehead atoms. The lowest BCUT2D eigenvalue weighted by Gasteiger charge is -2.23. The normalized spacial score (nSPS) is 17.2. The number of benzene rings is 2. The highest BCUT2D eigenvalue weighted by Gasteiger charge is 2.50. The van der Waals surface area contributed by atoms with Crippen molar-refractivity contribution >= 4 is 16.7 Å². The second-order valence-corrected chi connectivity index (χ2v) is 10.7. The quantitative estimate of drug-likeness (QED) is 0.528. The molecule has 0 amide bonds. The molecule has 1 fully saturated rings. The fourth-order valence-corrected chi connectivity index (χ4v) is 5.16. The minimum absolute atomic E-state index is 0.0637. The molecule has 0 spiro atoms. The molecule has 6 nitrogen and oxygen atoms in total. The van der Waals surface area contributed by atoms with Crippen molar-refractivity contribution in [3.63, 3.8) is 0 Å². The fraction of sp³-hybridized carbons (Fsp3) is 0.464. The first-order valence-corrected chi connectivity index (χ1v) is 12.1. The van der Waals surface area contributed by atoms with Gasteiger partial charge in [-0.05, 0) is 61.3 Å². The standard InChI is InChI=1S/C28H34N2O4/c1-27(2,3)25-13-19-11-18(5-7-22(19)30(25)16-21(31)15-29-4)12-26(32)28(9-10-28)20-6-8-23-24(14-20)34-17-33-23/h5-8,11,13-14,21,29,31H,9-10,12,15-17H2,1-4H3. The van der Waals surface area contributed by atoms with E-state index in [-0.39, 0.29) is 18.0 Å². The fourth-order valence-electron chi connectivity index (χ4n) is 5.16. The SMILES string of the molecule is CNCC(O)Cn1c(C(C)(C)C)cc2cc(CC(=O)C3(c4ccc5c(c4)OCO5)CC3)ccc21. The average Bonchev–Trinajstić information content (AvgIpc) is 3.33. The Morgan fingerprint density at radius 3 is 2.59 bits per heavy atom. The summed E-state index contributed by atoms with van der Waals surface area (Å²) >= 11 is 0. The van der Waals surface area contributed by atoms with Crippen LogP contribution >= 0.6 is 0 Å². The van der Waals surface area contributed by atoms with Gasteiger partial charge in [0, 0.05) is 35.0 Å². The lowest BCUT2D eigenvalue weighted by atomic mass is 9.87. The van der Waals surface area contributed by atoms with Crippen LogP contribution in [0.2, 0.25) is 0 Å². The Hall–Kier alpha value is -2.83. The van der Waals surface area contributed by atoms with Crippen LogP contribution in [-0.2, 0) is 28.6 Å². The van der Waals surface area contributed by atoms with Gasteiger partial charge in [-0.3, -0.25) is 4.79 Å². The number of fused-ring (bicyclic) bond motifs is 2. The lowest BCUT2D eigenvalue weighted by molar-refractivity contribution is -0.120. The third-order valence-corrected chi connectivity index (χ3v) is 7.14. The summed E-state index contributed by atoms with van der Waals surface area (Å²) < 4.78 is 13.2. The Balaban J connectivity index is 1.42. The van der Waals surface area contributed by atoms with Crippen LogP contribution in [0.5, 0.6) is 11.5 Å². The van der Waals surface area contributed by atoms with Crippen LogP contribution in [0, 0.1) is 0 Å². The number of hydrogen-bond acceptors (Lipinski definition) is 5. The van der Waals surface area contributed by atoms with Crippen LogP contribution in [0.15, 0.2) is 42.5 Å². The van der Waals surface area contributed by atoms with Crippen molar-refractivity contribution in [1.82, 2.24) is 9.88 Å². The molecule has 5 rings (SSSR count). The zero-order valence-corrected chi connectivity index (χ0v) is 20.5. The van der Waals surface area contributed by atoms with Gasteiger partial charge in [0.1, 0.15) is 5.78 Å². The van der Waals surface area contributed by atoms with Gasteiger partial charge in [-0.1, -0.05) is 32.9 Å². The predicted octanol–water partition coefficient (Wildman–Crippen LogP) is 4.09. The summed E-state index contributed by atoms with van der Waals surface area (Å²) in [7, 11) is 1.85. The molecule has 0 radical (unpaired) electrons. The van der Waals surface area contributed by atoms with E-state index in [0.29, 0.717) is 19.5 Å². The first kappa shape index (κ1) is 22.9. The monoisotopic (exact) mass is 462 g/mol. The number of hydrogen-bond donors (Lipinski definition) is 2. The molecular formula is C28H34N2O4. The van der Waals surface area contributed by atoms with E-state index in [0.717, 1.165) is 46.4 Å². The number of carbonyl (C=O) groups is 1. The van der Waals surface area contributed by atoms with Crippen LogP contribution in [0.25, 0.3) is 10.9 Å². The minimum Gasteiger partial charge on any atom is -0.454 e. The molecule has 1 aromatic heterocycles. The molecule has 2 N–H and O–H groups in total. The van der Waals surface area contributed by atoms with Crippen molar-refractivity contribution in [1.29, 1.82) is 0 Å². The average molecular weight is 463 g/mol. The van der Waals surface area contributed by atoms with Crippen molar-refractivity contribution in [2.75, 3.05) is 20.4 Å². The minimum atomic E-state index is -0.473. The van der Waals surface area contributed by atoms with Crippen molar-refractivity contribution in [3.05, 3.63) is 59.3 Å². The Labute approximate surface area is 200 Å². The summed E-state index contributed by atoms with van der Waals surface area (Å²) in [6.07, 6.45) is 1.69. The Bertz CT molecular complexity index is 1230. The summed E-state index contributed by atoms with van der Waals surface area (Å²) in [5.41, 5.74) is 3.86. The van der Waals surface area contributed by atoms with Gasteiger partial charge in [-0.2, -0.15) is 0 Å². The van der Waals surface area contributed by atoms with Crippen LogP contribution in [0.3, 0.4) is 0 Å². The zero-order valence-electron chi connectivity index (χ0n) is 20.5. The maximum Gasteiger partial charge on any atom is 0.231 e. The number of nitrogens with zero attached hydrogens (tertiary/aromatic N) is 1. The number of rotatable bonds is 8.